The SMILES string of the molecule is CC(C)(C)N(C(=O)c1ccc(O)cc1)C(CO)C(=O)O. The molecular formula is C14H19NO5. The molecule has 0 aliphatic rings. The fourth-order valence-electron chi connectivity index (χ4n) is 1.93. The van der Waals surface area contributed by atoms with Crippen LogP contribution in [0.25, 0.3) is 0 Å². The van der Waals surface area contributed by atoms with E-state index in [0.29, 0.717) is 0 Å². The fourth-order valence-corrected chi connectivity index (χ4v) is 1.93. The van der Waals surface area contributed by atoms with Crippen molar-refractivity contribution in [2.24, 2.45) is 0 Å². The van der Waals surface area contributed by atoms with Gasteiger partial charge in [-0.1, -0.05) is 0 Å². The number of hydrogen-bond donors (Lipinski definition) is 3. The molecule has 0 aromatic heterocycles. The number of aliphatic hydroxyl groups is 1. The Labute approximate surface area is 117 Å². The van der Waals surface area contributed by atoms with Crippen LogP contribution in [-0.4, -0.2) is 50.3 Å². The first-order chi connectivity index (χ1) is 9.18. The van der Waals surface area contributed by atoms with Gasteiger partial charge in [-0.25, -0.2) is 4.79 Å². The molecule has 0 radical (unpaired) electrons. The van der Waals surface area contributed by atoms with Crippen molar-refractivity contribution in [3.05, 3.63) is 29.8 Å². The maximum atomic E-state index is 12.5. The number of carboxylic acid groups (broad SMARTS) is 1. The van der Waals surface area contributed by atoms with Gasteiger partial charge in [-0.3, -0.25) is 4.79 Å². The number of phenols is 1. The third-order valence-corrected chi connectivity index (χ3v) is 2.83. The number of phenolic OH excluding ortho intramolecular Hbond substituents is 1. The van der Waals surface area contributed by atoms with E-state index in [1.807, 2.05) is 0 Å². The maximum absolute atomic E-state index is 12.5. The summed E-state index contributed by atoms with van der Waals surface area (Å²) in [5.74, 6) is -1.77. The van der Waals surface area contributed by atoms with Crippen molar-refractivity contribution in [3.63, 3.8) is 0 Å². The number of aliphatic hydroxyl groups excluding tert-OH is 1. The summed E-state index contributed by atoms with van der Waals surface area (Å²) in [6.07, 6.45) is 0. The third kappa shape index (κ3) is 3.48. The largest absolute Gasteiger partial charge is 0.508 e. The van der Waals surface area contributed by atoms with Gasteiger partial charge >= 0.3 is 5.97 Å². The molecule has 20 heavy (non-hydrogen) atoms. The van der Waals surface area contributed by atoms with Gasteiger partial charge in [0.25, 0.3) is 5.91 Å². The number of amides is 1. The molecule has 0 saturated heterocycles. The van der Waals surface area contributed by atoms with Gasteiger partial charge < -0.3 is 20.2 Å². The Hall–Kier alpha value is -2.08. The van der Waals surface area contributed by atoms with Crippen LogP contribution in [0.3, 0.4) is 0 Å². The molecule has 0 aliphatic heterocycles. The van der Waals surface area contributed by atoms with Gasteiger partial charge in [-0.15, -0.1) is 0 Å². The number of rotatable bonds is 4. The molecule has 0 spiro atoms. The minimum Gasteiger partial charge on any atom is -0.508 e. The first kappa shape index (κ1) is 16.0. The second-order valence-corrected chi connectivity index (χ2v) is 5.43. The topological polar surface area (TPSA) is 98.1 Å². The fraction of sp³-hybridized carbons (Fsp3) is 0.429. The lowest BCUT2D eigenvalue weighted by Crippen LogP contribution is -2.56. The van der Waals surface area contributed by atoms with Crippen LogP contribution in [-0.2, 0) is 4.79 Å². The van der Waals surface area contributed by atoms with Crippen LogP contribution in [0.5, 0.6) is 5.75 Å². The van der Waals surface area contributed by atoms with Crippen LogP contribution in [0, 0.1) is 0 Å². The lowest BCUT2D eigenvalue weighted by atomic mass is 10.0. The number of benzene rings is 1. The molecule has 0 fully saturated rings. The molecule has 1 aromatic carbocycles. The first-order valence-corrected chi connectivity index (χ1v) is 6.15. The highest BCUT2D eigenvalue weighted by Crippen LogP contribution is 2.22. The summed E-state index contributed by atoms with van der Waals surface area (Å²) >= 11 is 0. The number of carbonyl (C=O) groups excluding carboxylic acids is 1. The first-order valence-electron chi connectivity index (χ1n) is 6.15. The summed E-state index contributed by atoms with van der Waals surface area (Å²) < 4.78 is 0. The molecule has 3 N–H and O–H groups in total. The zero-order valence-electron chi connectivity index (χ0n) is 11.7. The van der Waals surface area contributed by atoms with Crippen molar-refractivity contribution in [1.82, 2.24) is 4.90 Å². The van der Waals surface area contributed by atoms with Crippen LogP contribution in [0.15, 0.2) is 24.3 Å². The second kappa shape index (κ2) is 5.92. The number of carbonyl (C=O) groups is 2. The lowest BCUT2D eigenvalue weighted by Gasteiger charge is -2.39. The molecule has 0 bridgehead atoms. The minimum absolute atomic E-state index is 0.0146. The van der Waals surface area contributed by atoms with Gasteiger partial charge in [0.05, 0.1) is 6.61 Å². The van der Waals surface area contributed by atoms with Crippen LogP contribution >= 0.6 is 0 Å². The van der Waals surface area contributed by atoms with Gasteiger partial charge in [-0.2, -0.15) is 0 Å². The van der Waals surface area contributed by atoms with Gasteiger partial charge in [0.2, 0.25) is 0 Å². The number of carboxylic acids is 1. The highest BCUT2D eigenvalue weighted by Gasteiger charge is 2.37. The van der Waals surface area contributed by atoms with E-state index >= 15 is 0 Å². The Morgan fingerprint density at radius 3 is 2.05 bits per heavy atom. The molecular weight excluding hydrogens is 262 g/mol. The highest BCUT2D eigenvalue weighted by atomic mass is 16.4. The van der Waals surface area contributed by atoms with Crippen LogP contribution in [0.1, 0.15) is 31.1 Å². The standard InChI is InChI=1S/C14H19NO5/c1-14(2,3)15(11(8-16)13(19)20)12(18)9-4-6-10(17)7-5-9/h4-7,11,16-17H,8H2,1-3H3,(H,19,20). The smallest absolute Gasteiger partial charge is 0.328 e. The third-order valence-electron chi connectivity index (χ3n) is 2.83. The van der Waals surface area contributed by atoms with E-state index in [0.717, 1.165) is 4.90 Å². The van der Waals surface area contributed by atoms with E-state index in [9.17, 15) is 19.8 Å². The van der Waals surface area contributed by atoms with Crippen LogP contribution < -0.4 is 0 Å². The average Bonchev–Trinajstić information content (AvgIpc) is 2.33. The minimum atomic E-state index is -1.32. The predicted molar refractivity (Wildman–Crippen MR) is 72.5 cm³/mol. The normalized spacial score (nSPS) is 12.8. The number of aliphatic carboxylic acids is 1. The zero-order valence-corrected chi connectivity index (χ0v) is 11.7. The summed E-state index contributed by atoms with van der Waals surface area (Å²) in [5, 5.41) is 27.6. The number of aromatic hydroxyl groups is 1. The van der Waals surface area contributed by atoms with E-state index in [-0.39, 0.29) is 11.3 Å². The molecule has 6 heteroatoms. The number of nitrogens with zero attached hydrogens (tertiary/aromatic N) is 1. The Balaban J connectivity index is 3.21. The summed E-state index contributed by atoms with van der Waals surface area (Å²) in [6.45, 7) is 4.40. The van der Waals surface area contributed by atoms with Gasteiger partial charge in [0.15, 0.2) is 6.04 Å². The molecule has 1 unspecified atom stereocenters. The molecule has 1 atom stereocenters. The Bertz CT molecular complexity index is 489. The molecule has 1 amide bonds. The van der Waals surface area contributed by atoms with Crippen molar-refractivity contribution in [2.75, 3.05) is 6.61 Å². The number of hydrogen-bond acceptors (Lipinski definition) is 4. The van der Waals surface area contributed by atoms with E-state index in [1.54, 1.807) is 20.8 Å². The maximum Gasteiger partial charge on any atom is 0.328 e. The van der Waals surface area contributed by atoms with E-state index in [2.05, 4.69) is 0 Å². The molecule has 0 saturated carbocycles. The van der Waals surface area contributed by atoms with E-state index in [1.165, 1.54) is 24.3 Å². The summed E-state index contributed by atoms with van der Waals surface area (Å²) in [6, 6.07) is 4.20. The second-order valence-electron chi connectivity index (χ2n) is 5.43. The van der Waals surface area contributed by atoms with E-state index < -0.39 is 30.1 Å². The van der Waals surface area contributed by atoms with Gasteiger partial charge in [0.1, 0.15) is 5.75 Å². The van der Waals surface area contributed by atoms with Crippen LogP contribution in [0.2, 0.25) is 0 Å². The molecule has 0 aliphatic carbocycles. The van der Waals surface area contributed by atoms with Crippen molar-refractivity contribution in [1.29, 1.82) is 0 Å². The summed E-state index contributed by atoms with van der Waals surface area (Å²) in [4.78, 5) is 24.8. The average molecular weight is 281 g/mol. The van der Waals surface area contributed by atoms with Crippen LogP contribution in [0.4, 0.5) is 0 Å². The van der Waals surface area contributed by atoms with Gasteiger partial charge in [-0.05, 0) is 45.0 Å². The van der Waals surface area contributed by atoms with Crippen molar-refractivity contribution in [2.45, 2.75) is 32.4 Å². The predicted octanol–water partition coefficient (Wildman–Crippen LogP) is 1.08. The summed E-state index contributed by atoms with van der Waals surface area (Å²) in [7, 11) is 0. The van der Waals surface area contributed by atoms with Crippen molar-refractivity contribution >= 4 is 11.9 Å². The Morgan fingerprint density at radius 2 is 1.70 bits per heavy atom. The Morgan fingerprint density at radius 1 is 1.20 bits per heavy atom. The summed E-state index contributed by atoms with van der Waals surface area (Å²) in [5.41, 5.74) is -0.529. The van der Waals surface area contributed by atoms with Crippen molar-refractivity contribution in [3.8, 4) is 5.75 Å². The van der Waals surface area contributed by atoms with E-state index in [4.69, 9.17) is 5.11 Å². The highest BCUT2D eigenvalue weighted by molar-refractivity contribution is 5.97. The monoisotopic (exact) mass is 281 g/mol. The van der Waals surface area contributed by atoms with Gasteiger partial charge in [0, 0.05) is 11.1 Å². The molecule has 110 valence electrons. The van der Waals surface area contributed by atoms with Crippen molar-refractivity contribution < 1.29 is 24.9 Å². The lowest BCUT2D eigenvalue weighted by molar-refractivity contribution is -0.145. The molecule has 1 aromatic rings. The molecule has 1 rings (SSSR count). The zero-order chi connectivity index (χ0) is 15.5. The molecule has 6 nitrogen and oxygen atoms in total. The Kier molecular flexibility index (Phi) is 4.73. The quantitative estimate of drug-likeness (QED) is 0.767. The molecule has 0 heterocycles.